The summed E-state index contributed by atoms with van der Waals surface area (Å²) in [6.07, 6.45) is 4.93. The first kappa shape index (κ1) is 15.9. The molecule has 1 aromatic carbocycles. The molecular formula is C18H27NO2. The van der Waals surface area contributed by atoms with Gasteiger partial charge in [-0.25, -0.2) is 0 Å². The molecule has 0 saturated carbocycles. The standard InChI is InChI=1S/C18H27NO2/c1-15-5-3-12-19(13-11-15)18(20)6-4-14-21-17-9-7-16(2)8-10-17/h7-10,15H,3-6,11-14H2,1-2H3. The zero-order valence-corrected chi connectivity index (χ0v) is 13.3. The van der Waals surface area contributed by atoms with E-state index in [2.05, 4.69) is 13.8 Å². The van der Waals surface area contributed by atoms with E-state index in [-0.39, 0.29) is 5.91 Å². The van der Waals surface area contributed by atoms with Gasteiger partial charge < -0.3 is 9.64 Å². The van der Waals surface area contributed by atoms with Crippen LogP contribution in [0.15, 0.2) is 24.3 Å². The fourth-order valence-corrected chi connectivity index (χ4v) is 2.72. The summed E-state index contributed by atoms with van der Waals surface area (Å²) in [5, 5.41) is 0. The van der Waals surface area contributed by atoms with Crippen molar-refractivity contribution in [1.82, 2.24) is 4.90 Å². The first-order valence-corrected chi connectivity index (χ1v) is 8.12. The van der Waals surface area contributed by atoms with Crippen molar-refractivity contribution < 1.29 is 9.53 Å². The van der Waals surface area contributed by atoms with Crippen molar-refractivity contribution >= 4 is 5.91 Å². The Bertz CT molecular complexity index is 441. The minimum atomic E-state index is 0.289. The molecule has 0 aromatic heterocycles. The van der Waals surface area contributed by atoms with Crippen molar-refractivity contribution in [2.75, 3.05) is 19.7 Å². The van der Waals surface area contributed by atoms with Crippen LogP contribution in [0.2, 0.25) is 0 Å². The lowest BCUT2D eigenvalue weighted by Crippen LogP contribution is -2.32. The molecular weight excluding hydrogens is 262 g/mol. The molecule has 1 unspecified atom stereocenters. The molecule has 1 amide bonds. The van der Waals surface area contributed by atoms with Crippen LogP contribution in [0.1, 0.15) is 44.6 Å². The third-order valence-electron chi connectivity index (χ3n) is 4.19. The van der Waals surface area contributed by atoms with E-state index in [9.17, 15) is 4.79 Å². The summed E-state index contributed by atoms with van der Waals surface area (Å²) in [6.45, 7) is 6.81. The Morgan fingerprint density at radius 3 is 2.76 bits per heavy atom. The average Bonchev–Trinajstić information content (AvgIpc) is 2.70. The van der Waals surface area contributed by atoms with Gasteiger partial charge in [0.25, 0.3) is 0 Å². The van der Waals surface area contributed by atoms with Gasteiger partial charge in [-0.15, -0.1) is 0 Å². The molecule has 3 heteroatoms. The maximum atomic E-state index is 12.2. The van der Waals surface area contributed by atoms with Crippen LogP contribution in [0.4, 0.5) is 0 Å². The summed E-state index contributed by atoms with van der Waals surface area (Å²) in [7, 11) is 0. The molecule has 0 radical (unpaired) electrons. The SMILES string of the molecule is Cc1ccc(OCCCC(=O)N2CCCC(C)CC2)cc1. The lowest BCUT2D eigenvalue weighted by molar-refractivity contribution is -0.131. The maximum absolute atomic E-state index is 12.2. The molecule has 0 N–H and O–H groups in total. The highest BCUT2D eigenvalue weighted by Gasteiger charge is 2.17. The van der Waals surface area contributed by atoms with Crippen molar-refractivity contribution in [2.24, 2.45) is 5.92 Å². The molecule has 0 bridgehead atoms. The van der Waals surface area contributed by atoms with Crippen molar-refractivity contribution in [3.05, 3.63) is 29.8 Å². The summed E-state index contributed by atoms with van der Waals surface area (Å²) in [4.78, 5) is 14.2. The minimum absolute atomic E-state index is 0.289. The number of likely N-dealkylation sites (tertiary alicyclic amines) is 1. The molecule has 3 nitrogen and oxygen atoms in total. The van der Waals surface area contributed by atoms with Crippen LogP contribution in [-0.4, -0.2) is 30.5 Å². The topological polar surface area (TPSA) is 29.5 Å². The van der Waals surface area contributed by atoms with E-state index in [0.29, 0.717) is 13.0 Å². The van der Waals surface area contributed by atoms with E-state index in [4.69, 9.17) is 4.74 Å². The molecule has 1 aliphatic heterocycles. The molecule has 1 atom stereocenters. The zero-order valence-electron chi connectivity index (χ0n) is 13.3. The van der Waals surface area contributed by atoms with E-state index in [1.54, 1.807) is 0 Å². The molecule has 116 valence electrons. The van der Waals surface area contributed by atoms with Gasteiger partial charge in [-0.3, -0.25) is 4.79 Å². The number of rotatable bonds is 5. The maximum Gasteiger partial charge on any atom is 0.222 e. The summed E-state index contributed by atoms with van der Waals surface area (Å²) in [6, 6.07) is 8.04. The van der Waals surface area contributed by atoms with E-state index < -0.39 is 0 Å². The van der Waals surface area contributed by atoms with E-state index >= 15 is 0 Å². The highest BCUT2D eigenvalue weighted by Crippen LogP contribution is 2.17. The fourth-order valence-electron chi connectivity index (χ4n) is 2.72. The minimum Gasteiger partial charge on any atom is -0.494 e. The number of amides is 1. The second-order valence-electron chi connectivity index (χ2n) is 6.18. The normalized spacial score (nSPS) is 19.1. The van der Waals surface area contributed by atoms with Crippen LogP contribution < -0.4 is 4.74 Å². The number of carbonyl (C=O) groups excluding carboxylic acids is 1. The van der Waals surface area contributed by atoms with Gasteiger partial charge in [0.1, 0.15) is 5.75 Å². The second-order valence-corrected chi connectivity index (χ2v) is 6.18. The Morgan fingerprint density at radius 1 is 1.24 bits per heavy atom. The average molecular weight is 289 g/mol. The van der Waals surface area contributed by atoms with Gasteiger partial charge in [-0.05, 0) is 50.7 Å². The fraction of sp³-hybridized carbons (Fsp3) is 0.611. The Morgan fingerprint density at radius 2 is 2.00 bits per heavy atom. The van der Waals surface area contributed by atoms with Crippen molar-refractivity contribution in [2.45, 2.75) is 46.0 Å². The number of hydrogen-bond acceptors (Lipinski definition) is 2. The monoisotopic (exact) mass is 289 g/mol. The van der Waals surface area contributed by atoms with E-state index in [1.807, 2.05) is 29.2 Å². The molecule has 1 heterocycles. The Hall–Kier alpha value is -1.51. The zero-order chi connectivity index (χ0) is 15.1. The number of carbonyl (C=O) groups is 1. The van der Waals surface area contributed by atoms with Gasteiger partial charge in [0, 0.05) is 19.5 Å². The summed E-state index contributed by atoms with van der Waals surface area (Å²) in [5.74, 6) is 1.93. The largest absolute Gasteiger partial charge is 0.494 e. The molecule has 2 rings (SSSR count). The molecule has 1 saturated heterocycles. The van der Waals surface area contributed by atoms with Crippen molar-refractivity contribution in [3.63, 3.8) is 0 Å². The van der Waals surface area contributed by atoms with E-state index in [1.165, 1.54) is 12.0 Å². The van der Waals surface area contributed by atoms with Crippen LogP contribution >= 0.6 is 0 Å². The first-order valence-electron chi connectivity index (χ1n) is 8.12. The second kappa shape index (κ2) is 8.06. The van der Waals surface area contributed by atoms with E-state index in [0.717, 1.165) is 44.0 Å². The number of nitrogens with zero attached hydrogens (tertiary/aromatic N) is 1. The van der Waals surface area contributed by atoms with Crippen LogP contribution in [0.3, 0.4) is 0 Å². The summed E-state index contributed by atoms with van der Waals surface area (Å²) < 4.78 is 5.67. The predicted molar refractivity (Wildman–Crippen MR) is 85.5 cm³/mol. The Kier molecular flexibility index (Phi) is 6.09. The highest BCUT2D eigenvalue weighted by molar-refractivity contribution is 5.76. The first-order chi connectivity index (χ1) is 10.1. The van der Waals surface area contributed by atoms with Gasteiger partial charge in [0.2, 0.25) is 5.91 Å². The van der Waals surface area contributed by atoms with Gasteiger partial charge in [-0.2, -0.15) is 0 Å². The van der Waals surface area contributed by atoms with Gasteiger partial charge in [0.15, 0.2) is 0 Å². The molecule has 1 aromatic rings. The third kappa shape index (κ3) is 5.41. The van der Waals surface area contributed by atoms with Crippen molar-refractivity contribution in [1.29, 1.82) is 0 Å². The molecule has 1 aliphatic rings. The number of hydrogen-bond donors (Lipinski definition) is 0. The predicted octanol–water partition coefficient (Wildman–Crippen LogP) is 3.80. The highest BCUT2D eigenvalue weighted by atomic mass is 16.5. The van der Waals surface area contributed by atoms with Gasteiger partial charge in [-0.1, -0.05) is 24.6 Å². The quantitative estimate of drug-likeness (QED) is 0.772. The van der Waals surface area contributed by atoms with Crippen LogP contribution in [0.25, 0.3) is 0 Å². The third-order valence-corrected chi connectivity index (χ3v) is 4.19. The number of aryl methyl sites for hydroxylation is 1. The Labute approximate surface area is 128 Å². The van der Waals surface area contributed by atoms with Crippen LogP contribution in [0.5, 0.6) is 5.75 Å². The van der Waals surface area contributed by atoms with Crippen molar-refractivity contribution in [3.8, 4) is 5.75 Å². The van der Waals surface area contributed by atoms with Crippen LogP contribution in [0, 0.1) is 12.8 Å². The van der Waals surface area contributed by atoms with Gasteiger partial charge in [0.05, 0.1) is 6.61 Å². The Balaban J connectivity index is 1.65. The molecule has 0 spiro atoms. The lowest BCUT2D eigenvalue weighted by atomic mass is 10.0. The summed E-state index contributed by atoms with van der Waals surface area (Å²) in [5.41, 5.74) is 1.23. The molecule has 21 heavy (non-hydrogen) atoms. The number of ether oxygens (including phenoxy) is 1. The molecule has 1 fully saturated rings. The summed E-state index contributed by atoms with van der Waals surface area (Å²) >= 11 is 0. The van der Waals surface area contributed by atoms with Crippen LogP contribution in [-0.2, 0) is 4.79 Å². The molecule has 0 aliphatic carbocycles. The number of benzene rings is 1. The van der Waals surface area contributed by atoms with Gasteiger partial charge >= 0.3 is 0 Å². The smallest absolute Gasteiger partial charge is 0.222 e. The lowest BCUT2D eigenvalue weighted by Gasteiger charge is -2.20.